The van der Waals surface area contributed by atoms with E-state index in [2.05, 4.69) is 11.3 Å². The van der Waals surface area contributed by atoms with Crippen LogP contribution in [0.4, 0.5) is 0 Å². The summed E-state index contributed by atoms with van der Waals surface area (Å²) in [5.41, 5.74) is 0. The zero-order valence-electron chi connectivity index (χ0n) is 5.14. The van der Waals surface area contributed by atoms with Gasteiger partial charge in [0.2, 0.25) is 0 Å². The molecule has 1 heteroatoms. The summed E-state index contributed by atoms with van der Waals surface area (Å²) in [4.78, 5) is 2.58. The number of fused-ring (bicyclic) bond motifs is 1. The Morgan fingerprint density at radius 1 is 1.38 bits per heavy atom. The monoisotopic (exact) mass is 110 g/mol. The summed E-state index contributed by atoms with van der Waals surface area (Å²) < 4.78 is 0. The minimum atomic E-state index is 0.884. The molecule has 2 heterocycles. The third-order valence-corrected chi connectivity index (χ3v) is 2.27. The molecule has 0 saturated carbocycles. The lowest BCUT2D eigenvalue weighted by atomic mass is 10.2. The van der Waals surface area contributed by atoms with Gasteiger partial charge in [-0.15, -0.1) is 0 Å². The van der Waals surface area contributed by atoms with Crippen molar-refractivity contribution in [1.82, 2.24) is 4.90 Å². The van der Waals surface area contributed by atoms with E-state index < -0.39 is 0 Å². The van der Waals surface area contributed by atoms with Gasteiger partial charge >= 0.3 is 0 Å². The Morgan fingerprint density at radius 2 is 2.38 bits per heavy atom. The normalized spacial score (nSPS) is 31.5. The fourth-order valence-corrected chi connectivity index (χ4v) is 1.83. The third kappa shape index (κ3) is 0.576. The lowest BCUT2D eigenvalue weighted by Crippen LogP contribution is -2.21. The van der Waals surface area contributed by atoms with E-state index in [-0.39, 0.29) is 0 Å². The van der Waals surface area contributed by atoms with Gasteiger partial charge in [-0.3, -0.25) is 0 Å². The van der Waals surface area contributed by atoms with E-state index in [0.29, 0.717) is 0 Å². The molecule has 0 N–H and O–H groups in total. The number of rotatable bonds is 0. The van der Waals surface area contributed by atoms with E-state index in [1.807, 2.05) is 0 Å². The van der Waals surface area contributed by atoms with E-state index in [1.165, 1.54) is 32.4 Å². The van der Waals surface area contributed by atoms with Crippen molar-refractivity contribution in [3.8, 4) is 0 Å². The van der Waals surface area contributed by atoms with Crippen LogP contribution >= 0.6 is 0 Å². The first-order valence-electron chi connectivity index (χ1n) is 3.54. The molecule has 2 rings (SSSR count). The zero-order chi connectivity index (χ0) is 5.40. The van der Waals surface area contributed by atoms with Gasteiger partial charge in [0.15, 0.2) is 0 Å². The summed E-state index contributed by atoms with van der Waals surface area (Å²) in [5.74, 6) is 0. The topological polar surface area (TPSA) is 3.24 Å². The Balaban J connectivity index is 2.04. The van der Waals surface area contributed by atoms with Crippen molar-refractivity contribution in [3.63, 3.8) is 0 Å². The maximum Gasteiger partial charge on any atom is 0.0128 e. The second-order valence-corrected chi connectivity index (χ2v) is 2.77. The average Bonchev–Trinajstić information content (AvgIpc) is 2.15. The molecule has 0 aliphatic carbocycles. The Labute approximate surface area is 50.7 Å². The van der Waals surface area contributed by atoms with Gasteiger partial charge in [0, 0.05) is 6.04 Å². The van der Waals surface area contributed by atoms with Gasteiger partial charge in [0.25, 0.3) is 0 Å². The minimum absolute atomic E-state index is 0.884. The zero-order valence-corrected chi connectivity index (χ0v) is 5.14. The summed E-state index contributed by atoms with van der Waals surface area (Å²) >= 11 is 0. The van der Waals surface area contributed by atoms with Crippen molar-refractivity contribution in [2.45, 2.75) is 25.3 Å². The maximum atomic E-state index is 2.58. The van der Waals surface area contributed by atoms with E-state index in [4.69, 9.17) is 0 Å². The summed E-state index contributed by atoms with van der Waals surface area (Å²) in [6, 6.07) is 0.884. The molecular formula is C7H12N. The van der Waals surface area contributed by atoms with Crippen molar-refractivity contribution in [2.24, 2.45) is 0 Å². The molecule has 1 atom stereocenters. The molecule has 8 heavy (non-hydrogen) atoms. The number of hydrogen-bond acceptors (Lipinski definition) is 1. The lowest BCUT2D eigenvalue weighted by molar-refractivity contribution is 0.337. The van der Waals surface area contributed by atoms with Gasteiger partial charge in [0.05, 0.1) is 0 Å². The van der Waals surface area contributed by atoms with Crippen LogP contribution in [0.15, 0.2) is 0 Å². The molecule has 0 amide bonds. The maximum absolute atomic E-state index is 2.58. The quantitative estimate of drug-likeness (QED) is 0.450. The van der Waals surface area contributed by atoms with Crippen molar-refractivity contribution in [1.29, 1.82) is 0 Å². The molecule has 0 aromatic rings. The largest absolute Gasteiger partial charge is 0.300 e. The minimum Gasteiger partial charge on any atom is -0.300 e. The average molecular weight is 110 g/mol. The fourth-order valence-electron chi connectivity index (χ4n) is 1.83. The van der Waals surface area contributed by atoms with Crippen LogP contribution in [0.3, 0.4) is 0 Å². The lowest BCUT2D eigenvalue weighted by Gasteiger charge is -2.11. The first-order chi connectivity index (χ1) is 3.97. The highest BCUT2D eigenvalue weighted by Gasteiger charge is 2.28. The highest BCUT2D eigenvalue weighted by molar-refractivity contribution is 4.96. The van der Waals surface area contributed by atoms with Crippen molar-refractivity contribution >= 4 is 0 Å². The molecule has 2 aliphatic heterocycles. The molecule has 45 valence electrons. The molecular weight excluding hydrogens is 98.1 g/mol. The highest BCUT2D eigenvalue weighted by atomic mass is 15.2. The second-order valence-electron chi connectivity index (χ2n) is 2.77. The molecule has 0 aromatic carbocycles. The Morgan fingerprint density at radius 3 is 3.25 bits per heavy atom. The van der Waals surface area contributed by atoms with Gasteiger partial charge in [-0.25, -0.2) is 0 Å². The first-order valence-corrected chi connectivity index (χ1v) is 3.54. The van der Waals surface area contributed by atoms with Crippen LogP contribution in [-0.2, 0) is 0 Å². The molecule has 0 aromatic heterocycles. The number of hydrogen-bond donors (Lipinski definition) is 0. The van der Waals surface area contributed by atoms with Crippen LogP contribution in [0.1, 0.15) is 19.3 Å². The Kier molecular flexibility index (Phi) is 1.04. The van der Waals surface area contributed by atoms with Crippen molar-refractivity contribution < 1.29 is 0 Å². The van der Waals surface area contributed by atoms with Gasteiger partial charge in [-0.05, 0) is 38.8 Å². The molecule has 2 aliphatic rings. The predicted molar refractivity (Wildman–Crippen MR) is 33.5 cm³/mol. The van der Waals surface area contributed by atoms with Gasteiger partial charge in [-0.1, -0.05) is 0 Å². The highest BCUT2D eigenvalue weighted by Crippen LogP contribution is 2.25. The Bertz CT molecular complexity index is 70.4. The molecule has 2 saturated heterocycles. The SMILES string of the molecule is [CH]1CCN2CCC[C@H]12. The van der Waals surface area contributed by atoms with Crippen molar-refractivity contribution in [2.75, 3.05) is 13.1 Å². The fraction of sp³-hybridized carbons (Fsp3) is 0.857. The number of nitrogens with zero attached hydrogens (tertiary/aromatic N) is 1. The summed E-state index contributed by atoms with van der Waals surface area (Å²) in [7, 11) is 0. The second kappa shape index (κ2) is 1.73. The third-order valence-electron chi connectivity index (χ3n) is 2.27. The summed E-state index contributed by atoms with van der Waals surface area (Å²) in [6.07, 6.45) is 6.67. The standard InChI is InChI=1S/C7H12N/c1-3-7-4-2-6-8(7)5-1/h3,7H,1-2,4-6H2/t7-/m0/s1. The van der Waals surface area contributed by atoms with E-state index in [1.54, 1.807) is 0 Å². The van der Waals surface area contributed by atoms with Crippen LogP contribution in [0.5, 0.6) is 0 Å². The smallest absolute Gasteiger partial charge is 0.0128 e. The van der Waals surface area contributed by atoms with Crippen LogP contribution in [0.2, 0.25) is 0 Å². The van der Waals surface area contributed by atoms with E-state index >= 15 is 0 Å². The molecule has 1 radical (unpaired) electrons. The summed E-state index contributed by atoms with van der Waals surface area (Å²) in [6.45, 7) is 2.70. The van der Waals surface area contributed by atoms with E-state index in [0.717, 1.165) is 6.04 Å². The van der Waals surface area contributed by atoms with Gasteiger partial charge < -0.3 is 4.90 Å². The van der Waals surface area contributed by atoms with Gasteiger partial charge in [-0.2, -0.15) is 0 Å². The van der Waals surface area contributed by atoms with Crippen molar-refractivity contribution in [3.05, 3.63) is 6.42 Å². The van der Waals surface area contributed by atoms with E-state index in [9.17, 15) is 0 Å². The molecule has 0 unspecified atom stereocenters. The van der Waals surface area contributed by atoms with Crippen LogP contribution in [0, 0.1) is 6.42 Å². The van der Waals surface area contributed by atoms with Crippen LogP contribution < -0.4 is 0 Å². The first kappa shape index (κ1) is 4.80. The Hall–Kier alpha value is -0.0400. The molecule has 2 fully saturated rings. The van der Waals surface area contributed by atoms with Crippen LogP contribution in [-0.4, -0.2) is 24.0 Å². The predicted octanol–water partition coefficient (Wildman–Crippen LogP) is 1.06. The summed E-state index contributed by atoms with van der Waals surface area (Å²) in [5, 5.41) is 0. The molecule has 0 spiro atoms. The molecule has 0 bridgehead atoms. The van der Waals surface area contributed by atoms with Gasteiger partial charge in [0.1, 0.15) is 0 Å². The molecule has 1 nitrogen and oxygen atoms in total. The van der Waals surface area contributed by atoms with Crippen LogP contribution in [0.25, 0.3) is 0 Å².